The fourth-order valence-electron chi connectivity index (χ4n) is 2.67. The van der Waals surface area contributed by atoms with Gasteiger partial charge in [0, 0.05) is 18.5 Å². The molecule has 2 heterocycles. The van der Waals surface area contributed by atoms with Crippen LogP contribution >= 0.6 is 0 Å². The Bertz CT molecular complexity index is 591. The van der Waals surface area contributed by atoms with Gasteiger partial charge in [0.15, 0.2) is 6.04 Å². The number of aliphatic carboxylic acids is 1. The highest BCUT2D eigenvalue weighted by molar-refractivity contribution is 5.71. The molecule has 0 saturated carbocycles. The Labute approximate surface area is 130 Å². The van der Waals surface area contributed by atoms with Gasteiger partial charge in [-0.05, 0) is 44.8 Å². The zero-order valence-electron chi connectivity index (χ0n) is 13.6. The highest BCUT2D eigenvalue weighted by atomic mass is 16.4. The fourth-order valence-corrected chi connectivity index (χ4v) is 2.67. The predicted molar refractivity (Wildman–Crippen MR) is 84.1 cm³/mol. The molecule has 1 aliphatic heterocycles. The summed E-state index contributed by atoms with van der Waals surface area (Å²) in [5.74, 6) is -0.817. The van der Waals surface area contributed by atoms with E-state index in [1.54, 1.807) is 13.0 Å². The highest BCUT2D eigenvalue weighted by Gasteiger charge is 2.24. The minimum Gasteiger partial charge on any atom is -0.480 e. The Morgan fingerprint density at radius 3 is 2.59 bits per heavy atom. The van der Waals surface area contributed by atoms with Crippen LogP contribution in [0.25, 0.3) is 0 Å². The first-order chi connectivity index (χ1) is 10.4. The molecule has 1 atom stereocenters. The van der Waals surface area contributed by atoms with Gasteiger partial charge in [-0.15, -0.1) is 0 Å². The van der Waals surface area contributed by atoms with E-state index in [4.69, 9.17) is 0 Å². The lowest BCUT2D eigenvalue weighted by Gasteiger charge is -2.30. The summed E-state index contributed by atoms with van der Waals surface area (Å²) in [4.78, 5) is 26.1. The Morgan fingerprint density at radius 2 is 2.09 bits per heavy atom. The Balaban J connectivity index is 2.25. The summed E-state index contributed by atoms with van der Waals surface area (Å²) < 4.78 is 1.17. The lowest BCUT2D eigenvalue weighted by Crippen LogP contribution is -2.39. The van der Waals surface area contributed by atoms with Crippen LogP contribution in [0.5, 0.6) is 0 Å². The fraction of sp³-hybridized carbons (Fsp3) is 0.688. The van der Waals surface area contributed by atoms with Crippen LogP contribution in [0.2, 0.25) is 0 Å². The Hall–Kier alpha value is -1.69. The molecule has 22 heavy (non-hydrogen) atoms. The molecule has 1 aromatic heterocycles. The smallest absolute Gasteiger partial charge is 0.328 e. The Kier molecular flexibility index (Phi) is 5.34. The molecule has 1 saturated heterocycles. The van der Waals surface area contributed by atoms with Crippen molar-refractivity contribution in [3.8, 4) is 0 Å². The number of carbonyl (C=O) groups is 1. The largest absolute Gasteiger partial charge is 0.480 e. The molecule has 0 amide bonds. The molecule has 2 rings (SSSR count). The van der Waals surface area contributed by atoms with Crippen LogP contribution in [0.4, 0.5) is 0 Å². The lowest BCUT2D eigenvalue weighted by molar-refractivity contribution is -0.141. The van der Waals surface area contributed by atoms with E-state index < -0.39 is 12.0 Å². The van der Waals surface area contributed by atoms with Crippen molar-refractivity contribution < 1.29 is 9.90 Å². The minimum absolute atomic E-state index is 0.180. The molecule has 0 aromatic carbocycles. The maximum absolute atomic E-state index is 12.3. The molecule has 1 N–H and O–H groups in total. The zero-order valence-corrected chi connectivity index (χ0v) is 13.6. The maximum atomic E-state index is 12.3. The van der Waals surface area contributed by atoms with Crippen molar-refractivity contribution in [2.45, 2.75) is 46.1 Å². The average molecular weight is 307 g/mol. The van der Waals surface area contributed by atoms with Crippen molar-refractivity contribution >= 4 is 5.97 Å². The number of nitrogens with zero attached hydrogens (tertiary/aromatic N) is 3. The Morgan fingerprint density at radius 1 is 1.41 bits per heavy atom. The van der Waals surface area contributed by atoms with E-state index in [0.717, 1.165) is 31.7 Å². The van der Waals surface area contributed by atoms with Gasteiger partial charge in [0.2, 0.25) is 0 Å². The quantitative estimate of drug-likeness (QED) is 0.825. The number of hydrogen-bond donors (Lipinski definition) is 1. The van der Waals surface area contributed by atoms with Gasteiger partial charge in [-0.2, -0.15) is 5.10 Å². The highest BCUT2D eigenvalue weighted by Crippen LogP contribution is 2.16. The van der Waals surface area contributed by atoms with Crippen LogP contribution in [0.15, 0.2) is 10.9 Å². The van der Waals surface area contributed by atoms with Crippen LogP contribution in [0, 0.1) is 12.8 Å². The van der Waals surface area contributed by atoms with Gasteiger partial charge in [-0.3, -0.25) is 4.79 Å². The number of carboxylic acid groups (broad SMARTS) is 1. The second kappa shape index (κ2) is 7.05. The predicted octanol–water partition coefficient (Wildman–Crippen LogP) is 1.47. The van der Waals surface area contributed by atoms with Gasteiger partial charge in [0.1, 0.15) is 0 Å². The van der Waals surface area contributed by atoms with Crippen molar-refractivity contribution in [3.05, 3.63) is 27.7 Å². The lowest BCUT2D eigenvalue weighted by atomic mass is 10.0. The zero-order chi connectivity index (χ0) is 16.3. The third kappa shape index (κ3) is 3.94. The van der Waals surface area contributed by atoms with Gasteiger partial charge in [-0.1, -0.05) is 13.8 Å². The van der Waals surface area contributed by atoms with Crippen molar-refractivity contribution in [2.24, 2.45) is 5.92 Å². The number of aryl methyl sites for hydroxylation is 1. The maximum Gasteiger partial charge on any atom is 0.328 e. The summed E-state index contributed by atoms with van der Waals surface area (Å²) in [6.45, 7) is 8.76. The first-order valence-corrected chi connectivity index (χ1v) is 7.93. The second-order valence-corrected chi connectivity index (χ2v) is 6.50. The van der Waals surface area contributed by atoms with Crippen molar-refractivity contribution in [2.75, 3.05) is 19.6 Å². The van der Waals surface area contributed by atoms with Crippen molar-refractivity contribution in [1.82, 2.24) is 14.7 Å². The summed E-state index contributed by atoms with van der Waals surface area (Å²) in [5.41, 5.74) is 1.04. The van der Waals surface area contributed by atoms with Gasteiger partial charge < -0.3 is 10.0 Å². The normalized spacial score (nSPS) is 16.5. The van der Waals surface area contributed by atoms with Crippen molar-refractivity contribution in [3.63, 3.8) is 0 Å². The van der Waals surface area contributed by atoms with Gasteiger partial charge >= 0.3 is 5.97 Å². The molecule has 0 bridgehead atoms. The van der Waals surface area contributed by atoms with E-state index in [-0.39, 0.29) is 11.5 Å². The summed E-state index contributed by atoms with van der Waals surface area (Å²) >= 11 is 0. The second-order valence-electron chi connectivity index (χ2n) is 6.50. The molecule has 0 spiro atoms. The molecule has 122 valence electrons. The van der Waals surface area contributed by atoms with E-state index in [9.17, 15) is 14.7 Å². The van der Waals surface area contributed by atoms with E-state index in [2.05, 4.69) is 10.00 Å². The number of carboxylic acids is 1. The summed E-state index contributed by atoms with van der Waals surface area (Å²) in [7, 11) is 0. The third-order valence-corrected chi connectivity index (χ3v) is 4.07. The van der Waals surface area contributed by atoms with E-state index in [1.165, 1.54) is 11.1 Å². The standard InChI is InChI=1S/C16H25N3O3/c1-11(2)9-14(16(21)22)19-15(20)12(3)10-13(17-19)5-8-18-6-4-7-18/h10-11,14H,4-9H2,1-3H3,(H,21,22). The molecule has 0 aliphatic carbocycles. The molecule has 6 nitrogen and oxygen atoms in total. The molecular formula is C16H25N3O3. The van der Waals surface area contributed by atoms with Crippen LogP contribution in [0.3, 0.4) is 0 Å². The molecule has 0 radical (unpaired) electrons. The van der Waals surface area contributed by atoms with Gasteiger partial charge in [0.05, 0.1) is 5.69 Å². The van der Waals surface area contributed by atoms with Crippen LogP contribution < -0.4 is 5.56 Å². The van der Waals surface area contributed by atoms with E-state index in [1.807, 2.05) is 13.8 Å². The van der Waals surface area contributed by atoms with E-state index >= 15 is 0 Å². The third-order valence-electron chi connectivity index (χ3n) is 4.07. The SMILES string of the molecule is Cc1cc(CCN2CCC2)nn(C(CC(C)C)C(=O)O)c1=O. The van der Waals surface area contributed by atoms with Crippen LogP contribution in [-0.4, -0.2) is 45.4 Å². The first kappa shape index (κ1) is 16.7. The number of rotatable bonds is 7. The first-order valence-electron chi connectivity index (χ1n) is 7.93. The summed E-state index contributed by atoms with van der Waals surface area (Å²) in [5, 5.41) is 13.8. The molecular weight excluding hydrogens is 282 g/mol. The topological polar surface area (TPSA) is 75.4 Å². The average Bonchev–Trinajstić information content (AvgIpc) is 2.38. The molecule has 1 aromatic rings. The van der Waals surface area contributed by atoms with Crippen LogP contribution in [-0.2, 0) is 11.2 Å². The number of hydrogen-bond acceptors (Lipinski definition) is 4. The monoisotopic (exact) mass is 307 g/mol. The number of likely N-dealkylation sites (tertiary alicyclic amines) is 1. The van der Waals surface area contributed by atoms with Crippen LogP contribution in [0.1, 0.15) is 44.0 Å². The minimum atomic E-state index is -0.998. The molecule has 1 aliphatic rings. The summed E-state index contributed by atoms with van der Waals surface area (Å²) in [6, 6.07) is 0.891. The van der Waals surface area contributed by atoms with E-state index in [0.29, 0.717) is 12.0 Å². The van der Waals surface area contributed by atoms with Crippen molar-refractivity contribution in [1.29, 1.82) is 0 Å². The molecule has 1 unspecified atom stereocenters. The molecule has 6 heteroatoms. The van der Waals surface area contributed by atoms with Gasteiger partial charge in [0.25, 0.3) is 5.56 Å². The van der Waals surface area contributed by atoms with Gasteiger partial charge in [-0.25, -0.2) is 9.48 Å². The number of aromatic nitrogens is 2. The molecule has 1 fully saturated rings. The summed E-state index contributed by atoms with van der Waals surface area (Å²) in [6.07, 6.45) is 2.38.